The highest BCUT2D eigenvalue weighted by atomic mass is 35.5. The Labute approximate surface area is 375 Å². The van der Waals surface area contributed by atoms with Gasteiger partial charge in [-0.3, -0.25) is 24.4 Å². The topological polar surface area (TPSA) is 232 Å². The Hall–Kier alpha value is -6.55. The van der Waals surface area contributed by atoms with Gasteiger partial charge >= 0.3 is 17.9 Å². The number of nitrogen functional groups attached to an aromatic ring is 2. The van der Waals surface area contributed by atoms with Gasteiger partial charge in [0.2, 0.25) is 17.1 Å². The second-order valence-electron chi connectivity index (χ2n) is 11.8. The zero-order valence-corrected chi connectivity index (χ0v) is 36.6. The minimum atomic E-state index is -0.508. The van der Waals surface area contributed by atoms with Crippen LogP contribution in [-0.2, 0) is 35.0 Å². The van der Waals surface area contributed by atoms with Crippen molar-refractivity contribution in [2.24, 2.45) is 0 Å². The molecule has 2 heterocycles. The minimum Gasteiger partial charge on any atom is -0.462 e. The van der Waals surface area contributed by atoms with Crippen molar-refractivity contribution in [3.05, 3.63) is 144 Å². The number of halogens is 3. The molecule has 0 fully saturated rings. The van der Waals surface area contributed by atoms with E-state index in [2.05, 4.69) is 20.6 Å². The molecule has 0 bridgehead atoms. The van der Waals surface area contributed by atoms with Gasteiger partial charge in [-0.25, -0.2) is 14.4 Å². The highest BCUT2D eigenvalue weighted by Gasteiger charge is 2.09. The number of anilines is 4. The molecule has 0 atom stereocenters. The van der Waals surface area contributed by atoms with Crippen molar-refractivity contribution in [1.82, 2.24) is 9.97 Å². The van der Waals surface area contributed by atoms with E-state index < -0.39 is 5.24 Å². The lowest BCUT2D eigenvalue weighted by molar-refractivity contribution is -0.116. The summed E-state index contributed by atoms with van der Waals surface area (Å²) < 4.78 is 14.5. The van der Waals surface area contributed by atoms with E-state index in [9.17, 15) is 28.8 Å². The molecule has 0 saturated carbocycles. The summed E-state index contributed by atoms with van der Waals surface area (Å²) in [6.07, 6.45) is 7.80. The zero-order chi connectivity index (χ0) is 46.1. The molecule has 0 unspecified atom stereocenters. The average molecular weight is 912 g/mol. The first-order valence-corrected chi connectivity index (χ1v) is 20.2. The molecule has 5 aromatic rings. The first kappa shape index (κ1) is 53.5. The van der Waals surface area contributed by atoms with Gasteiger partial charge in [0.05, 0.1) is 42.4 Å². The van der Waals surface area contributed by atoms with Crippen LogP contribution >= 0.6 is 34.8 Å². The van der Waals surface area contributed by atoms with Gasteiger partial charge in [0.15, 0.2) is 0 Å². The van der Waals surface area contributed by atoms with Crippen LogP contribution in [0.3, 0.4) is 0 Å². The number of esters is 3. The van der Waals surface area contributed by atoms with Crippen molar-refractivity contribution in [2.45, 2.75) is 33.6 Å². The number of aryl methyl sites for hydroxylation is 1. The fraction of sp³-hybridized carbons (Fsp3) is 0.227. The lowest BCUT2D eigenvalue weighted by Crippen LogP contribution is -2.12. The van der Waals surface area contributed by atoms with E-state index in [1.807, 2.05) is 12.1 Å². The summed E-state index contributed by atoms with van der Waals surface area (Å²) in [5.74, 6) is -1.60. The molecule has 0 aliphatic heterocycles. The van der Waals surface area contributed by atoms with Crippen LogP contribution in [0.15, 0.2) is 122 Å². The normalized spacial score (nSPS) is 9.45. The van der Waals surface area contributed by atoms with Gasteiger partial charge in [-0.1, -0.05) is 0 Å². The van der Waals surface area contributed by atoms with Crippen LogP contribution in [0.25, 0.3) is 0 Å². The third-order valence-corrected chi connectivity index (χ3v) is 7.86. The zero-order valence-electron chi connectivity index (χ0n) is 34.4. The molecule has 18 heteroatoms. The Kier molecular flexibility index (Phi) is 27.8. The maximum atomic E-state index is 11.9. The minimum absolute atomic E-state index is 0.0688. The molecule has 15 nitrogen and oxygen atoms in total. The number of hydrogen-bond donors (Lipinski definition) is 4. The number of ether oxygens (including phenoxy) is 3. The summed E-state index contributed by atoms with van der Waals surface area (Å²) in [5, 5.41) is 4.86. The van der Waals surface area contributed by atoms with E-state index in [1.54, 1.807) is 130 Å². The number of amides is 2. The van der Waals surface area contributed by atoms with Crippen molar-refractivity contribution < 1.29 is 43.0 Å². The second kappa shape index (κ2) is 32.3. The lowest BCUT2D eigenvalue weighted by Gasteiger charge is -2.06. The smallest absolute Gasteiger partial charge is 0.338 e. The summed E-state index contributed by atoms with van der Waals surface area (Å²) in [5.41, 5.74) is 15.9. The van der Waals surface area contributed by atoms with Crippen LogP contribution in [0.2, 0.25) is 0 Å². The maximum Gasteiger partial charge on any atom is 0.338 e. The molecule has 2 aromatic heterocycles. The van der Waals surface area contributed by atoms with E-state index in [1.165, 1.54) is 0 Å². The van der Waals surface area contributed by atoms with Gasteiger partial charge in [0.25, 0.3) is 0 Å². The van der Waals surface area contributed by atoms with E-state index in [0.717, 1.165) is 11.3 Å². The van der Waals surface area contributed by atoms with Gasteiger partial charge in [0.1, 0.15) is 5.88 Å². The largest absolute Gasteiger partial charge is 0.462 e. The van der Waals surface area contributed by atoms with Crippen molar-refractivity contribution in [1.29, 1.82) is 0 Å². The van der Waals surface area contributed by atoms with Crippen molar-refractivity contribution in [3.63, 3.8) is 0 Å². The third-order valence-electron chi connectivity index (χ3n) is 7.10. The van der Waals surface area contributed by atoms with Crippen LogP contribution in [-0.4, -0.2) is 76.5 Å². The Morgan fingerprint density at radius 3 is 1.18 bits per heavy atom. The first-order valence-electron chi connectivity index (χ1n) is 18.8. The Bertz CT molecular complexity index is 2080. The summed E-state index contributed by atoms with van der Waals surface area (Å²) in [6, 6.07) is 27.0. The summed E-state index contributed by atoms with van der Waals surface area (Å²) in [6.45, 7) is 6.34. The summed E-state index contributed by atoms with van der Waals surface area (Å²) in [4.78, 5) is 73.9. The molecule has 0 spiro atoms. The monoisotopic (exact) mass is 910 g/mol. The standard InChI is InChI=1S/C17H18N2O3.C11H12ClNO3.C9H11NO2.C5H6N2.C2H2Cl2O/c1-2-22-17(21)14-4-6-15(7-5-14)19-16(20)8-3-13-9-11-18-12-10-13;1-2-16-11(15)8-3-5-9(6-4-8)13-10(14)7-12;1-2-12-9(11)7-3-5-8(10)6-4-7;6-5-1-3-7-4-2-5;3-1-2(4)5/h4-7,9-12H,2-3,8H2,1H3,(H,19,20);3-6H,2,7H2,1H3,(H,13,14);3-6H,2,10H2,1H3;1-4H,(H2,6,7);1H2. The molecule has 6 N–H and O–H groups in total. The number of rotatable bonds is 13. The average Bonchev–Trinajstić information content (AvgIpc) is 3.28. The number of carbonyl (C=O) groups is 6. The van der Waals surface area contributed by atoms with Crippen molar-refractivity contribution >= 4 is 92.5 Å². The molecule has 62 heavy (non-hydrogen) atoms. The van der Waals surface area contributed by atoms with Gasteiger partial charge in [-0.2, -0.15) is 0 Å². The Balaban J connectivity index is 0.000000422. The quantitative estimate of drug-likeness (QED) is 0.0289. The Morgan fingerprint density at radius 2 is 0.855 bits per heavy atom. The van der Waals surface area contributed by atoms with E-state index >= 15 is 0 Å². The molecule has 3 aromatic carbocycles. The van der Waals surface area contributed by atoms with Crippen LogP contribution < -0.4 is 22.1 Å². The number of nitrogens with zero attached hydrogens (tertiary/aromatic N) is 2. The maximum absolute atomic E-state index is 11.9. The van der Waals surface area contributed by atoms with Gasteiger partial charge in [0, 0.05) is 54.0 Å². The van der Waals surface area contributed by atoms with Gasteiger partial charge in [-0.15, -0.1) is 23.2 Å². The fourth-order valence-corrected chi connectivity index (χ4v) is 4.30. The number of hydrogen-bond acceptors (Lipinski definition) is 13. The number of alkyl halides is 2. The van der Waals surface area contributed by atoms with Crippen LogP contribution in [0.1, 0.15) is 63.8 Å². The predicted molar refractivity (Wildman–Crippen MR) is 242 cm³/mol. The molecule has 330 valence electrons. The van der Waals surface area contributed by atoms with Gasteiger partial charge in [-0.05, 0) is 141 Å². The van der Waals surface area contributed by atoms with Gasteiger partial charge < -0.3 is 36.3 Å². The van der Waals surface area contributed by atoms with Crippen molar-refractivity contribution in [3.8, 4) is 0 Å². The highest BCUT2D eigenvalue weighted by Crippen LogP contribution is 2.13. The molecule has 0 radical (unpaired) electrons. The number of carbonyl (C=O) groups excluding carboxylic acids is 6. The molecule has 2 amide bonds. The number of aromatic nitrogens is 2. The second-order valence-corrected chi connectivity index (χ2v) is 12.7. The number of nitrogens with one attached hydrogen (secondary N) is 2. The molecular weight excluding hydrogens is 863 g/mol. The molecular formula is C44H49Cl3N6O9. The van der Waals surface area contributed by atoms with E-state index in [4.69, 9.17) is 60.5 Å². The molecule has 0 aliphatic rings. The van der Waals surface area contributed by atoms with E-state index in [0.29, 0.717) is 66.4 Å². The van der Waals surface area contributed by atoms with Crippen LogP contribution in [0, 0.1) is 0 Å². The SMILES string of the molecule is CCOC(=O)c1ccc(N)cc1.CCOC(=O)c1ccc(NC(=O)CCc2ccncc2)cc1.CCOC(=O)c1ccc(NC(=O)CCl)cc1.Nc1ccncc1.O=C(Cl)CCl. The summed E-state index contributed by atoms with van der Waals surface area (Å²) >= 11 is 14.9. The lowest BCUT2D eigenvalue weighted by atomic mass is 10.1. The molecule has 0 aliphatic carbocycles. The van der Waals surface area contributed by atoms with Crippen molar-refractivity contribution in [2.75, 3.05) is 53.7 Å². The van der Waals surface area contributed by atoms with Crippen LogP contribution in [0.5, 0.6) is 0 Å². The summed E-state index contributed by atoms with van der Waals surface area (Å²) in [7, 11) is 0. The molecule has 5 rings (SSSR count). The number of nitrogens with two attached hydrogens (primary N) is 2. The third kappa shape index (κ3) is 24.5. The highest BCUT2D eigenvalue weighted by molar-refractivity contribution is 6.67. The predicted octanol–water partition coefficient (Wildman–Crippen LogP) is 7.97. The number of benzene rings is 3. The number of pyridine rings is 2. The van der Waals surface area contributed by atoms with E-state index in [-0.39, 0.29) is 41.5 Å². The first-order chi connectivity index (χ1) is 29.8. The fourth-order valence-electron chi connectivity index (χ4n) is 4.23. The Morgan fingerprint density at radius 1 is 0.516 bits per heavy atom. The van der Waals surface area contributed by atoms with Crippen LogP contribution in [0.4, 0.5) is 22.7 Å². The molecule has 0 saturated heterocycles.